The smallest absolute Gasteiger partial charge is 0.251 e. The molecule has 0 unspecified atom stereocenters. The van der Waals surface area contributed by atoms with E-state index < -0.39 is 0 Å². The highest BCUT2D eigenvalue weighted by atomic mass is 16.1. The number of aryl methyl sites for hydroxylation is 1. The lowest BCUT2D eigenvalue weighted by atomic mass is 9.95. The van der Waals surface area contributed by atoms with Crippen molar-refractivity contribution in [3.8, 4) is 11.1 Å². The number of aromatic nitrogens is 5. The Morgan fingerprint density at radius 3 is 2.86 bits per heavy atom. The molecular formula is C21H26N6O. The molecule has 3 aromatic rings. The maximum absolute atomic E-state index is 12.7. The average Bonchev–Trinajstić information content (AvgIpc) is 3.42. The molecule has 146 valence electrons. The van der Waals surface area contributed by atoms with E-state index in [1.165, 1.54) is 19.3 Å². The van der Waals surface area contributed by atoms with Crippen molar-refractivity contribution in [2.24, 2.45) is 0 Å². The van der Waals surface area contributed by atoms with Crippen LogP contribution in [-0.2, 0) is 13.1 Å². The normalized spacial score (nSPS) is 14.9. The fourth-order valence-electron chi connectivity index (χ4n) is 3.84. The van der Waals surface area contributed by atoms with Gasteiger partial charge in [-0.15, -0.1) is 10.2 Å². The van der Waals surface area contributed by atoms with Crippen LogP contribution in [0.25, 0.3) is 11.1 Å². The molecule has 0 atom stereocenters. The van der Waals surface area contributed by atoms with Gasteiger partial charge in [0.05, 0.1) is 12.7 Å². The van der Waals surface area contributed by atoms with Crippen molar-refractivity contribution >= 4 is 5.91 Å². The Balaban J connectivity index is 1.43. The fourth-order valence-corrected chi connectivity index (χ4v) is 3.84. The zero-order valence-corrected chi connectivity index (χ0v) is 16.2. The van der Waals surface area contributed by atoms with E-state index in [4.69, 9.17) is 0 Å². The molecule has 1 aliphatic carbocycles. The van der Waals surface area contributed by atoms with E-state index in [1.807, 2.05) is 48.3 Å². The van der Waals surface area contributed by atoms with Gasteiger partial charge < -0.3 is 9.88 Å². The number of nitrogens with one attached hydrogen (secondary N) is 1. The molecule has 1 aliphatic rings. The molecule has 1 amide bonds. The maximum Gasteiger partial charge on any atom is 0.251 e. The minimum Gasteiger partial charge on any atom is -0.345 e. The SMILES string of the molecule is CCn1cc(-c2cccc(C(=O)NCc3nncn3C3CCCCC3)c2)cn1. The topological polar surface area (TPSA) is 77.6 Å². The summed E-state index contributed by atoms with van der Waals surface area (Å²) in [6.45, 7) is 3.25. The first-order valence-corrected chi connectivity index (χ1v) is 10.0. The molecule has 0 spiro atoms. The van der Waals surface area contributed by atoms with E-state index in [-0.39, 0.29) is 5.91 Å². The highest BCUT2D eigenvalue weighted by Crippen LogP contribution is 2.28. The molecule has 2 aromatic heterocycles. The third-order valence-electron chi connectivity index (χ3n) is 5.44. The lowest BCUT2D eigenvalue weighted by Crippen LogP contribution is -2.26. The number of amides is 1. The first-order valence-electron chi connectivity index (χ1n) is 10.0. The second-order valence-electron chi connectivity index (χ2n) is 7.29. The summed E-state index contributed by atoms with van der Waals surface area (Å²) in [5, 5.41) is 15.6. The number of nitrogens with zero attached hydrogens (tertiary/aromatic N) is 5. The molecule has 0 radical (unpaired) electrons. The van der Waals surface area contributed by atoms with Crippen molar-refractivity contribution in [1.82, 2.24) is 29.9 Å². The second-order valence-corrected chi connectivity index (χ2v) is 7.29. The van der Waals surface area contributed by atoms with E-state index in [0.717, 1.165) is 36.3 Å². The lowest BCUT2D eigenvalue weighted by molar-refractivity contribution is 0.0949. The van der Waals surface area contributed by atoms with Crippen LogP contribution in [-0.4, -0.2) is 30.5 Å². The van der Waals surface area contributed by atoms with E-state index in [2.05, 4.69) is 25.2 Å². The zero-order chi connectivity index (χ0) is 19.3. The van der Waals surface area contributed by atoms with Crippen LogP contribution < -0.4 is 5.32 Å². The Hall–Kier alpha value is -2.96. The molecule has 0 aliphatic heterocycles. The molecular weight excluding hydrogens is 352 g/mol. The summed E-state index contributed by atoms with van der Waals surface area (Å²) in [6.07, 6.45) is 11.7. The molecule has 4 rings (SSSR count). The molecule has 0 saturated heterocycles. The third-order valence-corrected chi connectivity index (χ3v) is 5.44. The molecule has 1 saturated carbocycles. The summed E-state index contributed by atoms with van der Waals surface area (Å²) in [6, 6.07) is 8.08. The Bertz CT molecular complexity index is 938. The van der Waals surface area contributed by atoms with Crippen LogP contribution in [0, 0.1) is 0 Å². The van der Waals surface area contributed by atoms with Crippen LogP contribution in [0.15, 0.2) is 43.0 Å². The van der Waals surface area contributed by atoms with Crippen molar-refractivity contribution in [3.63, 3.8) is 0 Å². The van der Waals surface area contributed by atoms with Gasteiger partial charge in [-0.2, -0.15) is 5.10 Å². The Kier molecular flexibility index (Phi) is 5.50. The molecule has 0 bridgehead atoms. The monoisotopic (exact) mass is 378 g/mol. The van der Waals surface area contributed by atoms with Crippen molar-refractivity contribution in [2.75, 3.05) is 0 Å². The lowest BCUT2D eigenvalue weighted by Gasteiger charge is -2.24. The van der Waals surface area contributed by atoms with Gasteiger partial charge in [0.15, 0.2) is 5.82 Å². The molecule has 1 fully saturated rings. The Morgan fingerprint density at radius 2 is 2.07 bits per heavy atom. The largest absolute Gasteiger partial charge is 0.345 e. The van der Waals surface area contributed by atoms with Crippen molar-refractivity contribution in [1.29, 1.82) is 0 Å². The van der Waals surface area contributed by atoms with Gasteiger partial charge in [-0.3, -0.25) is 9.48 Å². The van der Waals surface area contributed by atoms with Crippen LogP contribution >= 0.6 is 0 Å². The second kappa shape index (κ2) is 8.37. The first-order chi connectivity index (χ1) is 13.7. The van der Waals surface area contributed by atoms with Crippen molar-refractivity contribution in [3.05, 3.63) is 54.4 Å². The predicted octanol–water partition coefficient (Wildman–Crippen LogP) is 3.60. The van der Waals surface area contributed by atoms with Gasteiger partial charge >= 0.3 is 0 Å². The van der Waals surface area contributed by atoms with Gasteiger partial charge in [0.2, 0.25) is 0 Å². The third kappa shape index (κ3) is 3.98. The predicted molar refractivity (Wildman–Crippen MR) is 107 cm³/mol. The summed E-state index contributed by atoms with van der Waals surface area (Å²) in [5.74, 6) is 0.712. The van der Waals surface area contributed by atoms with Gasteiger partial charge in [0.1, 0.15) is 6.33 Å². The molecule has 7 nitrogen and oxygen atoms in total. The van der Waals surface area contributed by atoms with Crippen molar-refractivity contribution in [2.45, 2.75) is 58.2 Å². The van der Waals surface area contributed by atoms with Crippen molar-refractivity contribution < 1.29 is 4.79 Å². The number of benzene rings is 1. The van der Waals surface area contributed by atoms with Crippen LogP contribution in [0.4, 0.5) is 0 Å². The van der Waals surface area contributed by atoms with E-state index in [9.17, 15) is 4.79 Å². The summed E-state index contributed by atoms with van der Waals surface area (Å²) in [4.78, 5) is 12.7. The summed E-state index contributed by atoms with van der Waals surface area (Å²) in [5.41, 5.74) is 2.62. The fraction of sp³-hybridized carbons (Fsp3) is 0.429. The Morgan fingerprint density at radius 1 is 1.21 bits per heavy atom. The Labute approximate surface area is 164 Å². The highest BCUT2D eigenvalue weighted by Gasteiger charge is 2.19. The number of rotatable bonds is 6. The minimum absolute atomic E-state index is 0.108. The highest BCUT2D eigenvalue weighted by molar-refractivity contribution is 5.95. The maximum atomic E-state index is 12.7. The van der Waals surface area contributed by atoms with Gasteiger partial charge in [-0.1, -0.05) is 31.4 Å². The molecule has 1 N–H and O–H groups in total. The molecule has 7 heteroatoms. The van der Waals surface area contributed by atoms with Crippen LogP contribution in [0.2, 0.25) is 0 Å². The minimum atomic E-state index is -0.108. The molecule has 28 heavy (non-hydrogen) atoms. The van der Waals surface area contributed by atoms with Crippen LogP contribution in [0.5, 0.6) is 0 Å². The van der Waals surface area contributed by atoms with Gasteiger partial charge in [-0.05, 0) is 37.5 Å². The first kappa shape index (κ1) is 18.4. The quantitative estimate of drug-likeness (QED) is 0.711. The number of carbonyl (C=O) groups excluding carboxylic acids is 1. The van der Waals surface area contributed by atoms with Crippen LogP contribution in [0.1, 0.15) is 61.3 Å². The van der Waals surface area contributed by atoms with E-state index in [0.29, 0.717) is 18.2 Å². The number of carbonyl (C=O) groups is 1. The van der Waals surface area contributed by atoms with Gasteiger partial charge in [-0.25, -0.2) is 0 Å². The van der Waals surface area contributed by atoms with Gasteiger partial charge in [0, 0.05) is 29.9 Å². The summed E-state index contributed by atoms with van der Waals surface area (Å²) in [7, 11) is 0. The molecule has 1 aromatic carbocycles. The van der Waals surface area contributed by atoms with Crippen LogP contribution in [0.3, 0.4) is 0 Å². The zero-order valence-electron chi connectivity index (χ0n) is 16.2. The summed E-state index contributed by atoms with van der Waals surface area (Å²) < 4.78 is 4.01. The molecule has 2 heterocycles. The average molecular weight is 378 g/mol. The van der Waals surface area contributed by atoms with E-state index >= 15 is 0 Å². The summed E-state index contributed by atoms with van der Waals surface area (Å²) >= 11 is 0. The number of hydrogen-bond acceptors (Lipinski definition) is 4. The standard InChI is InChI=1S/C21H26N6O/c1-2-26-14-18(12-24-26)16-7-6-8-17(11-16)21(28)22-13-20-25-23-15-27(20)19-9-4-3-5-10-19/h6-8,11-12,14-15,19H,2-5,9-10,13H2,1H3,(H,22,28). The van der Waals surface area contributed by atoms with Gasteiger partial charge in [0.25, 0.3) is 5.91 Å². The number of hydrogen-bond donors (Lipinski definition) is 1. The van der Waals surface area contributed by atoms with E-state index in [1.54, 1.807) is 6.33 Å².